The molecule has 5 nitrogen and oxygen atoms in total. The van der Waals surface area contributed by atoms with Crippen LogP contribution in [0.2, 0.25) is 5.02 Å². The monoisotopic (exact) mass is 329 g/mol. The molecule has 2 aromatic carbocycles. The lowest BCUT2D eigenvalue weighted by atomic mass is 10.2. The highest BCUT2D eigenvalue weighted by Crippen LogP contribution is 2.19. The normalized spacial score (nSPS) is 11.2. The van der Waals surface area contributed by atoms with Gasteiger partial charge in [0.05, 0.1) is 10.7 Å². The molecule has 112 valence electrons. The zero-order chi connectivity index (χ0) is 15.5. The summed E-state index contributed by atoms with van der Waals surface area (Å²) in [6, 6.07) is 11.0. The first kappa shape index (κ1) is 15.6. The molecule has 2 aromatic rings. The topological polar surface area (TPSA) is 84.2 Å². The summed E-state index contributed by atoms with van der Waals surface area (Å²) in [4.78, 5) is 0. The van der Waals surface area contributed by atoms with Crippen molar-refractivity contribution in [2.45, 2.75) is 6.54 Å². The molecular formula is C13H13ClFN3O2S. The Balaban J connectivity index is 2.06. The third-order valence-electron chi connectivity index (χ3n) is 2.60. The molecule has 0 fully saturated rings. The van der Waals surface area contributed by atoms with Gasteiger partial charge in [0.15, 0.2) is 0 Å². The predicted octanol–water partition coefficient (Wildman–Crippen LogP) is 2.71. The molecule has 0 atom stereocenters. The molecule has 8 heteroatoms. The number of nitrogens with one attached hydrogen (secondary N) is 2. The molecule has 0 heterocycles. The Hall–Kier alpha value is -1.83. The second kappa shape index (κ2) is 6.30. The minimum absolute atomic E-state index is 0.0546. The summed E-state index contributed by atoms with van der Waals surface area (Å²) in [6.45, 7) is 0.416. The molecular weight excluding hydrogens is 317 g/mol. The highest BCUT2D eigenvalue weighted by Gasteiger charge is 2.04. The molecule has 21 heavy (non-hydrogen) atoms. The van der Waals surface area contributed by atoms with Crippen LogP contribution in [0.5, 0.6) is 0 Å². The first-order valence-corrected chi connectivity index (χ1v) is 7.84. The largest absolute Gasteiger partial charge is 0.381 e. The second-order valence-electron chi connectivity index (χ2n) is 4.33. The average Bonchev–Trinajstić information content (AvgIpc) is 2.39. The molecule has 0 saturated carbocycles. The van der Waals surface area contributed by atoms with E-state index >= 15 is 0 Å². The summed E-state index contributed by atoms with van der Waals surface area (Å²) in [5, 5.41) is 8.04. The number of nitrogens with two attached hydrogens (primary N) is 1. The number of hydrogen-bond donors (Lipinski definition) is 3. The molecule has 0 aliphatic carbocycles. The molecule has 0 aliphatic heterocycles. The summed E-state index contributed by atoms with van der Waals surface area (Å²) in [6.07, 6.45) is 0. The number of rotatable bonds is 5. The molecule has 4 N–H and O–H groups in total. The van der Waals surface area contributed by atoms with Crippen LogP contribution < -0.4 is 15.2 Å². The van der Waals surface area contributed by atoms with Gasteiger partial charge in [0.2, 0.25) is 0 Å². The summed E-state index contributed by atoms with van der Waals surface area (Å²) in [5.74, 6) is -0.472. The predicted molar refractivity (Wildman–Crippen MR) is 81.9 cm³/mol. The minimum atomic E-state index is -3.81. The zero-order valence-corrected chi connectivity index (χ0v) is 12.4. The average molecular weight is 330 g/mol. The van der Waals surface area contributed by atoms with Crippen molar-refractivity contribution < 1.29 is 12.8 Å². The smallest absolute Gasteiger partial charge is 0.296 e. The number of hydrogen-bond acceptors (Lipinski definition) is 3. The maximum absolute atomic E-state index is 13.0. The fourth-order valence-electron chi connectivity index (χ4n) is 1.71. The van der Waals surface area contributed by atoms with Crippen molar-refractivity contribution in [1.82, 2.24) is 0 Å². The van der Waals surface area contributed by atoms with Gasteiger partial charge in [0.25, 0.3) is 10.2 Å². The van der Waals surface area contributed by atoms with E-state index in [2.05, 4.69) is 10.0 Å². The van der Waals surface area contributed by atoms with Crippen molar-refractivity contribution in [3.63, 3.8) is 0 Å². The fourth-order valence-corrected chi connectivity index (χ4v) is 2.37. The minimum Gasteiger partial charge on any atom is -0.381 e. The SMILES string of the molecule is NS(=O)(=O)Nc1cccc(NCc2ccc(F)c(Cl)c2)c1. The highest BCUT2D eigenvalue weighted by molar-refractivity contribution is 7.90. The first-order chi connectivity index (χ1) is 9.83. The highest BCUT2D eigenvalue weighted by atomic mass is 35.5. The molecule has 2 rings (SSSR count). The van der Waals surface area contributed by atoms with Gasteiger partial charge in [0, 0.05) is 12.2 Å². The third kappa shape index (κ3) is 4.89. The lowest BCUT2D eigenvalue weighted by Crippen LogP contribution is -2.21. The van der Waals surface area contributed by atoms with Gasteiger partial charge in [-0.2, -0.15) is 8.42 Å². The first-order valence-electron chi connectivity index (χ1n) is 5.92. The van der Waals surface area contributed by atoms with Crippen molar-refractivity contribution >= 4 is 33.2 Å². The van der Waals surface area contributed by atoms with Crippen LogP contribution in [0.15, 0.2) is 42.5 Å². The number of halogens is 2. The van der Waals surface area contributed by atoms with Crippen molar-refractivity contribution in [2.75, 3.05) is 10.0 Å². The summed E-state index contributed by atoms with van der Waals surface area (Å²) >= 11 is 5.70. The molecule has 0 aliphatic rings. The van der Waals surface area contributed by atoms with Crippen LogP contribution in [-0.2, 0) is 16.8 Å². The lowest BCUT2D eigenvalue weighted by Gasteiger charge is -2.09. The third-order valence-corrected chi connectivity index (χ3v) is 3.41. The van der Waals surface area contributed by atoms with E-state index in [0.717, 1.165) is 5.56 Å². The maximum Gasteiger partial charge on any atom is 0.296 e. The Kier molecular flexibility index (Phi) is 4.66. The quantitative estimate of drug-likeness (QED) is 0.788. The fraction of sp³-hybridized carbons (Fsp3) is 0.0769. The lowest BCUT2D eigenvalue weighted by molar-refractivity contribution is 0.603. The Morgan fingerprint density at radius 3 is 2.52 bits per heavy atom. The number of benzene rings is 2. The van der Waals surface area contributed by atoms with E-state index in [1.807, 2.05) is 0 Å². The van der Waals surface area contributed by atoms with E-state index < -0.39 is 16.0 Å². The Morgan fingerprint density at radius 1 is 1.14 bits per heavy atom. The molecule has 0 bridgehead atoms. The van der Waals surface area contributed by atoms with E-state index in [1.54, 1.807) is 30.3 Å². The van der Waals surface area contributed by atoms with Crippen molar-refractivity contribution in [3.05, 3.63) is 58.9 Å². The van der Waals surface area contributed by atoms with Crippen LogP contribution >= 0.6 is 11.6 Å². The molecule has 0 spiro atoms. The molecule has 0 amide bonds. The van der Waals surface area contributed by atoms with E-state index in [4.69, 9.17) is 16.7 Å². The summed E-state index contributed by atoms with van der Waals surface area (Å²) < 4.78 is 37.1. The van der Waals surface area contributed by atoms with Crippen LogP contribution in [0, 0.1) is 5.82 Å². The van der Waals surface area contributed by atoms with E-state index in [1.165, 1.54) is 12.1 Å². The molecule has 0 saturated heterocycles. The van der Waals surface area contributed by atoms with Gasteiger partial charge in [-0.25, -0.2) is 9.53 Å². The molecule has 0 aromatic heterocycles. The van der Waals surface area contributed by atoms with Crippen molar-refractivity contribution in [2.24, 2.45) is 5.14 Å². The van der Waals surface area contributed by atoms with Crippen LogP contribution in [0.4, 0.5) is 15.8 Å². The van der Waals surface area contributed by atoms with Crippen LogP contribution in [0.3, 0.4) is 0 Å². The van der Waals surface area contributed by atoms with Crippen LogP contribution in [0.25, 0.3) is 0 Å². The van der Waals surface area contributed by atoms with Gasteiger partial charge in [-0.3, -0.25) is 4.72 Å². The van der Waals surface area contributed by atoms with E-state index in [0.29, 0.717) is 17.9 Å². The van der Waals surface area contributed by atoms with E-state index in [-0.39, 0.29) is 5.02 Å². The van der Waals surface area contributed by atoms with Crippen LogP contribution in [0.1, 0.15) is 5.56 Å². The molecule has 0 radical (unpaired) electrons. The van der Waals surface area contributed by atoms with Crippen LogP contribution in [-0.4, -0.2) is 8.42 Å². The maximum atomic E-state index is 13.0. The Labute approximate surface area is 127 Å². The van der Waals surface area contributed by atoms with Gasteiger partial charge in [-0.1, -0.05) is 23.7 Å². The van der Waals surface area contributed by atoms with Gasteiger partial charge in [0.1, 0.15) is 5.82 Å². The Bertz CT molecular complexity index is 753. The Morgan fingerprint density at radius 2 is 1.86 bits per heavy atom. The molecule has 0 unspecified atom stereocenters. The van der Waals surface area contributed by atoms with Gasteiger partial charge in [-0.05, 0) is 35.9 Å². The van der Waals surface area contributed by atoms with Crippen molar-refractivity contribution in [3.8, 4) is 0 Å². The van der Waals surface area contributed by atoms with Gasteiger partial charge >= 0.3 is 0 Å². The van der Waals surface area contributed by atoms with E-state index in [9.17, 15) is 12.8 Å². The standard InChI is InChI=1S/C13H13ClFN3O2S/c14-12-6-9(4-5-13(12)15)8-17-10-2-1-3-11(7-10)18-21(16,19)20/h1-7,17-18H,8H2,(H2,16,19,20). The van der Waals surface area contributed by atoms with Gasteiger partial charge < -0.3 is 5.32 Å². The second-order valence-corrected chi connectivity index (χ2v) is 6.03. The zero-order valence-electron chi connectivity index (χ0n) is 10.8. The summed E-state index contributed by atoms with van der Waals surface area (Å²) in [7, 11) is -3.81. The number of anilines is 2. The van der Waals surface area contributed by atoms with Crippen molar-refractivity contribution in [1.29, 1.82) is 0 Å². The van der Waals surface area contributed by atoms with Gasteiger partial charge in [-0.15, -0.1) is 0 Å². The summed E-state index contributed by atoms with van der Waals surface area (Å²) in [5.41, 5.74) is 1.83.